The van der Waals surface area contributed by atoms with E-state index in [-0.39, 0.29) is 29.7 Å². The molecule has 4 N–H and O–H groups in total. The van der Waals surface area contributed by atoms with Gasteiger partial charge in [0.1, 0.15) is 11.4 Å². The van der Waals surface area contributed by atoms with Gasteiger partial charge in [-0.3, -0.25) is 0 Å². The highest BCUT2D eigenvalue weighted by molar-refractivity contribution is 5.95. The van der Waals surface area contributed by atoms with Gasteiger partial charge in [-0.15, -0.1) is 17.5 Å². The molecule has 0 aromatic carbocycles. The Bertz CT molecular complexity index is 848. The van der Waals surface area contributed by atoms with Crippen LogP contribution in [0.4, 0.5) is 11.8 Å². The Balaban J connectivity index is 0.00000176. The molecule has 0 amide bonds. The minimum Gasteiger partial charge on any atom is -0.465 e. The van der Waals surface area contributed by atoms with Gasteiger partial charge in [0, 0.05) is 18.0 Å². The van der Waals surface area contributed by atoms with Crippen molar-refractivity contribution in [3.8, 4) is 11.1 Å². The van der Waals surface area contributed by atoms with Crippen molar-refractivity contribution in [1.82, 2.24) is 19.6 Å². The average molecular weight is 321 g/mol. The lowest BCUT2D eigenvalue weighted by Crippen LogP contribution is -2.07. The summed E-state index contributed by atoms with van der Waals surface area (Å²) in [4.78, 5) is 19.8. The van der Waals surface area contributed by atoms with Crippen LogP contribution in [0.15, 0.2) is 30.6 Å². The first-order valence-electron chi connectivity index (χ1n) is 6.04. The lowest BCUT2D eigenvalue weighted by Gasteiger charge is -2.06. The molecule has 22 heavy (non-hydrogen) atoms. The zero-order valence-corrected chi connectivity index (χ0v) is 12.4. The Kier molecular flexibility index (Phi) is 4.13. The van der Waals surface area contributed by atoms with Crippen LogP contribution < -0.4 is 11.5 Å². The minimum atomic E-state index is -0.533. The number of hydrogen-bond donors (Lipinski definition) is 2. The smallest absolute Gasteiger partial charge is 0.341 e. The lowest BCUT2D eigenvalue weighted by molar-refractivity contribution is 0.0601. The van der Waals surface area contributed by atoms with Crippen LogP contribution >= 0.6 is 12.4 Å². The molecule has 0 aliphatic carbocycles. The summed E-state index contributed by atoms with van der Waals surface area (Å²) < 4.78 is 6.24. The molecule has 9 heteroatoms. The van der Waals surface area contributed by atoms with E-state index in [0.717, 1.165) is 5.56 Å². The fourth-order valence-corrected chi connectivity index (χ4v) is 1.98. The van der Waals surface area contributed by atoms with Crippen molar-refractivity contribution in [3.05, 3.63) is 36.2 Å². The van der Waals surface area contributed by atoms with Crippen molar-refractivity contribution < 1.29 is 9.53 Å². The molecule has 0 saturated carbocycles. The van der Waals surface area contributed by atoms with Crippen molar-refractivity contribution in [1.29, 1.82) is 0 Å². The number of esters is 1. The predicted molar refractivity (Wildman–Crippen MR) is 83.6 cm³/mol. The molecule has 0 bridgehead atoms. The van der Waals surface area contributed by atoms with Crippen LogP contribution in [-0.2, 0) is 4.74 Å². The van der Waals surface area contributed by atoms with E-state index in [0.29, 0.717) is 11.2 Å². The highest BCUT2D eigenvalue weighted by atomic mass is 35.5. The van der Waals surface area contributed by atoms with E-state index in [9.17, 15) is 4.79 Å². The first-order chi connectivity index (χ1) is 10.1. The van der Waals surface area contributed by atoms with E-state index in [1.54, 1.807) is 29.0 Å². The Morgan fingerprint density at radius 2 is 2.05 bits per heavy atom. The van der Waals surface area contributed by atoms with Crippen molar-refractivity contribution in [3.63, 3.8) is 0 Å². The Morgan fingerprint density at radius 1 is 1.27 bits per heavy atom. The fourth-order valence-electron chi connectivity index (χ4n) is 1.98. The van der Waals surface area contributed by atoms with E-state index in [1.807, 2.05) is 6.07 Å². The number of methoxy groups -OCH3 is 1. The summed E-state index contributed by atoms with van der Waals surface area (Å²) in [6.45, 7) is 0. The van der Waals surface area contributed by atoms with Crippen LogP contribution in [0.25, 0.3) is 16.8 Å². The SMILES string of the molecule is COC(=O)c1cc(-c2ccn3nc(N)nc3c2)cnc1N.Cl. The largest absolute Gasteiger partial charge is 0.465 e. The molecule has 8 nitrogen and oxygen atoms in total. The number of fused-ring (bicyclic) bond motifs is 1. The van der Waals surface area contributed by atoms with E-state index >= 15 is 0 Å². The van der Waals surface area contributed by atoms with E-state index in [2.05, 4.69) is 19.8 Å². The fraction of sp³-hybridized carbons (Fsp3) is 0.0769. The number of aromatic nitrogens is 4. The number of nitrogen functional groups attached to an aromatic ring is 2. The quantitative estimate of drug-likeness (QED) is 0.679. The maximum absolute atomic E-state index is 11.6. The number of rotatable bonds is 2. The second kappa shape index (κ2) is 5.86. The second-order valence-corrected chi connectivity index (χ2v) is 4.34. The summed E-state index contributed by atoms with van der Waals surface area (Å²) in [6.07, 6.45) is 3.30. The van der Waals surface area contributed by atoms with Gasteiger partial charge in [0.2, 0.25) is 5.95 Å². The molecule has 3 aromatic rings. The molecule has 0 saturated heterocycles. The summed E-state index contributed by atoms with van der Waals surface area (Å²) >= 11 is 0. The van der Waals surface area contributed by atoms with Crippen molar-refractivity contribution in [2.75, 3.05) is 18.6 Å². The predicted octanol–water partition coefficient (Wildman–Crippen LogP) is 1.16. The summed E-state index contributed by atoms with van der Waals surface area (Å²) in [5.74, 6) is -0.217. The molecule has 0 spiro atoms. The van der Waals surface area contributed by atoms with Gasteiger partial charge in [0.25, 0.3) is 0 Å². The average Bonchev–Trinajstić information content (AvgIpc) is 2.86. The van der Waals surface area contributed by atoms with E-state index < -0.39 is 5.97 Å². The number of anilines is 2. The molecule has 0 aliphatic heterocycles. The van der Waals surface area contributed by atoms with Crippen LogP contribution in [0.5, 0.6) is 0 Å². The number of hydrogen-bond acceptors (Lipinski definition) is 7. The topological polar surface area (TPSA) is 121 Å². The normalized spacial score (nSPS) is 10.2. The first kappa shape index (κ1) is 15.5. The van der Waals surface area contributed by atoms with Gasteiger partial charge >= 0.3 is 5.97 Å². The van der Waals surface area contributed by atoms with Gasteiger partial charge in [0.15, 0.2) is 5.65 Å². The molecule has 0 aliphatic rings. The molecule has 3 aromatic heterocycles. The molecule has 3 heterocycles. The molecule has 3 rings (SSSR count). The maximum atomic E-state index is 11.6. The lowest BCUT2D eigenvalue weighted by atomic mass is 10.1. The molecule has 114 valence electrons. The summed E-state index contributed by atoms with van der Waals surface area (Å²) in [7, 11) is 1.29. The summed E-state index contributed by atoms with van der Waals surface area (Å²) in [5.41, 5.74) is 13.6. The molecular weight excluding hydrogens is 308 g/mol. The number of carbonyl (C=O) groups is 1. The third-order valence-electron chi connectivity index (χ3n) is 3.01. The van der Waals surface area contributed by atoms with Crippen LogP contribution in [0.3, 0.4) is 0 Å². The number of pyridine rings is 2. The third kappa shape index (κ3) is 2.63. The third-order valence-corrected chi connectivity index (χ3v) is 3.01. The highest BCUT2D eigenvalue weighted by Gasteiger charge is 2.13. The van der Waals surface area contributed by atoms with Gasteiger partial charge in [-0.2, -0.15) is 4.98 Å². The number of ether oxygens (including phenoxy) is 1. The molecule has 0 atom stereocenters. The first-order valence-corrected chi connectivity index (χ1v) is 6.04. The van der Waals surface area contributed by atoms with Crippen LogP contribution in [0.1, 0.15) is 10.4 Å². The summed E-state index contributed by atoms with van der Waals surface area (Å²) in [6, 6.07) is 5.23. The van der Waals surface area contributed by atoms with Gasteiger partial charge in [-0.1, -0.05) is 0 Å². The molecule has 0 radical (unpaired) electrons. The van der Waals surface area contributed by atoms with Crippen molar-refractivity contribution in [2.45, 2.75) is 0 Å². The van der Waals surface area contributed by atoms with E-state index in [4.69, 9.17) is 11.5 Å². The number of carbonyl (C=O) groups excluding carboxylic acids is 1. The Morgan fingerprint density at radius 3 is 2.77 bits per heavy atom. The zero-order valence-electron chi connectivity index (χ0n) is 11.6. The molecule has 0 fully saturated rings. The van der Waals surface area contributed by atoms with Crippen molar-refractivity contribution in [2.24, 2.45) is 0 Å². The standard InChI is InChI=1S/C13H12N6O2.ClH/c1-21-12(20)9-4-8(6-16-11(9)14)7-2-3-19-10(5-7)17-13(15)18-19;/h2-6H,1H3,(H2,14,16)(H2,15,18);1H. The number of halogens is 1. The Labute approximate surface area is 131 Å². The maximum Gasteiger partial charge on any atom is 0.341 e. The monoisotopic (exact) mass is 320 g/mol. The zero-order chi connectivity index (χ0) is 15.0. The van der Waals surface area contributed by atoms with Gasteiger partial charge in [-0.05, 0) is 23.8 Å². The number of nitrogens with two attached hydrogens (primary N) is 2. The van der Waals surface area contributed by atoms with Gasteiger partial charge in [0.05, 0.1) is 7.11 Å². The van der Waals surface area contributed by atoms with Gasteiger partial charge in [-0.25, -0.2) is 14.3 Å². The highest BCUT2D eigenvalue weighted by Crippen LogP contribution is 2.23. The Hall–Kier alpha value is -2.87. The molecular formula is C13H13ClN6O2. The summed E-state index contributed by atoms with van der Waals surface area (Å²) in [5, 5.41) is 3.99. The second-order valence-electron chi connectivity index (χ2n) is 4.34. The minimum absolute atomic E-state index is 0. The van der Waals surface area contributed by atoms with Crippen molar-refractivity contribution >= 4 is 35.8 Å². The van der Waals surface area contributed by atoms with Gasteiger partial charge < -0.3 is 16.2 Å². The number of nitrogens with zero attached hydrogens (tertiary/aromatic N) is 4. The van der Waals surface area contributed by atoms with Crippen LogP contribution in [0, 0.1) is 0 Å². The van der Waals surface area contributed by atoms with E-state index in [1.165, 1.54) is 7.11 Å². The molecule has 0 unspecified atom stereocenters. The van der Waals surface area contributed by atoms with Crippen LogP contribution in [-0.4, -0.2) is 32.7 Å². The van der Waals surface area contributed by atoms with Crippen LogP contribution in [0.2, 0.25) is 0 Å².